The van der Waals surface area contributed by atoms with Crippen LogP contribution in [0.25, 0.3) is 0 Å². The summed E-state index contributed by atoms with van der Waals surface area (Å²) >= 11 is 0. The van der Waals surface area contributed by atoms with Crippen LogP contribution in [0.4, 0.5) is 0 Å². The third-order valence-electron chi connectivity index (χ3n) is 3.69. The zero-order valence-electron chi connectivity index (χ0n) is 11.2. The first-order valence-corrected chi connectivity index (χ1v) is 6.20. The van der Waals surface area contributed by atoms with Crippen molar-refractivity contribution in [3.05, 3.63) is 29.3 Å². The molecule has 0 aliphatic carbocycles. The molecule has 0 spiro atoms. The molecule has 1 aromatic rings. The monoisotopic (exact) mass is 265 g/mol. The van der Waals surface area contributed by atoms with Crippen LogP contribution in [0.3, 0.4) is 0 Å². The standard InChI is InChI=1S/C14H19NO4/c1-9-5-10(3-4-12(9)18-2)14(7-19-8-14)6-11(15)13(16)17/h3-5,11H,6-8,15H2,1-2H3,(H,16,17). The molecule has 0 radical (unpaired) electrons. The van der Waals surface area contributed by atoms with Gasteiger partial charge >= 0.3 is 5.97 Å². The average molecular weight is 265 g/mol. The van der Waals surface area contributed by atoms with Crippen molar-refractivity contribution in [1.82, 2.24) is 0 Å². The number of hydrogen-bond acceptors (Lipinski definition) is 4. The van der Waals surface area contributed by atoms with E-state index >= 15 is 0 Å². The molecule has 1 unspecified atom stereocenters. The van der Waals surface area contributed by atoms with Crippen LogP contribution in [-0.2, 0) is 14.9 Å². The van der Waals surface area contributed by atoms with Gasteiger partial charge in [0, 0.05) is 5.41 Å². The van der Waals surface area contributed by atoms with Gasteiger partial charge in [-0.1, -0.05) is 12.1 Å². The van der Waals surface area contributed by atoms with E-state index in [1.165, 1.54) is 0 Å². The molecule has 1 atom stereocenters. The van der Waals surface area contributed by atoms with Gasteiger partial charge in [-0.25, -0.2) is 0 Å². The normalized spacial score (nSPS) is 18.5. The predicted molar refractivity (Wildman–Crippen MR) is 70.5 cm³/mol. The van der Waals surface area contributed by atoms with Crippen LogP contribution in [0.2, 0.25) is 0 Å². The second-order valence-electron chi connectivity index (χ2n) is 5.11. The maximum Gasteiger partial charge on any atom is 0.320 e. The fourth-order valence-corrected chi connectivity index (χ4v) is 2.47. The topological polar surface area (TPSA) is 81.8 Å². The van der Waals surface area contributed by atoms with Gasteiger partial charge in [-0.15, -0.1) is 0 Å². The van der Waals surface area contributed by atoms with Gasteiger partial charge in [0.25, 0.3) is 0 Å². The number of nitrogens with two attached hydrogens (primary N) is 1. The van der Waals surface area contributed by atoms with E-state index in [9.17, 15) is 4.79 Å². The number of aliphatic carboxylic acids is 1. The van der Waals surface area contributed by atoms with Gasteiger partial charge in [-0.2, -0.15) is 0 Å². The minimum absolute atomic E-state index is 0.283. The van der Waals surface area contributed by atoms with Crippen LogP contribution in [-0.4, -0.2) is 37.4 Å². The summed E-state index contributed by atoms with van der Waals surface area (Å²) in [5.74, 6) is -0.154. The van der Waals surface area contributed by atoms with Gasteiger partial charge in [0.2, 0.25) is 0 Å². The number of methoxy groups -OCH3 is 1. The van der Waals surface area contributed by atoms with Crippen molar-refractivity contribution in [1.29, 1.82) is 0 Å². The highest BCUT2D eigenvalue weighted by atomic mass is 16.5. The lowest BCUT2D eigenvalue weighted by atomic mass is 9.73. The van der Waals surface area contributed by atoms with Crippen LogP contribution in [0.5, 0.6) is 5.75 Å². The van der Waals surface area contributed by atoms with Gasteiger partial charge in [-0.05, 0) is 30.5 Å². The van der Waals surface area contributed by atoms with Crippen LogP contribution >= 0.6 is 0 Å². The molecule has 0 bridgehead atoms. The summed E-state index contributed by atoms with van der Waals surface area (Å²) in [6.07, 6.45) is 0.383. The van der Waals surface area contributed by atoms with Crippen molar-refractivity contribution >= 4 is 5.97 Å². The molecule has 0 aromatic heterocycles. The first-order valence-electron chi connectivity index (χ1n) is 6.20. The zero-order chi connectivity index (χ0) is 14.0. The molecule has 3 N–H and O–H groups in total. The number of ether oxygens (including phenoxy) is 2. The predicted octanol–water partition coefficient (Wildman–Crippen LogP) is 1.07. The summed E-state index contributed by atoms with van der Waals surface area (Å²) in [4.78, 5) is 10.9. The highest BCUT2D eigenvalue weighted by Gasteiger charge is 2.43. The third kappa shape index (κ3) is 2.57. The molecule has 1 aliphatic heterocycles. The van der Waals surface area contributed by atoms with Crippen LogP contribution in [0.15, 0.2) is 18.2 Å². The largest absolute Gasteiger partial charge is 0.496 e. The van der Waals surface area contributed by atoms with Crippen LogP contribution in [0, 0.1) is 6.92 Å². The van der Waals surface area contributed by atoms with Crippen LogP contribution in [0.1, 0.15) is 17.5 Å². The zero-order valence-corrected chi connectivity index (χ0v) is 11.2. The highest BCUT2D eigenvalue weighted by molar-refractivity contribution is 5.73. The molecular weight excluding hydrogens is 246 g/mol. The number of carbonyl (C=O) groups is 1. The maximum absolute atomic E-state index is 10.9. The van der Waals surface area contributed by atoms with Gasteiger partial charge < -0.3 is 20.3 Å². The molecule has 1 heterocycles. The number of carboxylic acid groups (broad SMARTS) is 1. The molecule has 1 saturated heterocycles. The Labute approximate surface area is 112 Å². The molecule has 0 amide bonds. The number of aryl methyl sites for hydroxylation is 1. The quantitative estimate of drug-likeness (QED) is 0.832. The fourth-order valence-electron chi connectivity index (χ4n) is 2.47. The van der Waals surface area contributed by atoms with E-state index < -0.39 is 12.0 Å². The van der Waals surface area contributed by atoms with E-state index in [1.807, 2.05) is 25.1 Å². The SMILES string of the molecule is COc1ccc(C2(CC(N)C(=O)O)COC2)cc1C. The van der Waals surface area contributed by atoms with Crippen molar-refractivity contribution in [2.24, 2.45) is 5.73 Å². The summed E-state index contributed by atoms with van der Waals surface area (Å²) in [6.45, 7) is 2.99. The van der Waals surface area contributed by atoms with E-state index in [0.717, 1.165) is 16.9 Å². The smallest absolute Gasteiger partial charge is 0.320 e. The first-order chi connectivity index (χ1) is 8.98. The molecule has 2 rings (SSSR count). The van der Waals surface area contributed by atoms with E-state index in [4.69, 9.17) is 20.3 Å². The number of carboxylic acids is 1. The van der Waals surface area contributed by atoms with Gasteiger partial charge in [0.1, 0.15) is 11.8 Å². The Bertz CT molecular complexity index is 482. The molecule has 104 valence electrons. The summed E-state index contributed by atoms with van der Waals surface area (Å²) in [5.41, 5.74) is 7.47. The molecule has 0 saturated carbocycles. The Morgan fingerprint density at radius 3 is 2.68 bits per heavy atom. The molecule has 19 heavy (non-hydrogen) atoms. The highest BCUT2D eigenvalue weighted by Crippen LogP contribution is 2.38. The second-order valence-corrected chi connectivity index (χ2v) is 5.11. The third-order valence-corrected chi connectivity index (χ3v) is 3.69. The number of benzene rings is 1. The second kappa shape index (κ2) is 5.19. The van der Waals surface area contributed by atoms with E-state index in [2.05, 4.69) is 0 Å². The maximum atomic E-state index is 10.9. The minimum atomic E-state index is -0.975. The lowest BCUT2D eigenvalue weighted by molar-refractivity contribution is -0.141. The minimum Gasteiger partial charge on any atom is -0.496 e. The first kappa shape index (κ1) is 13.8. The molecule has 1 aromatic carbocycles. The van der Waals surface area contributed by atoms with E-state index in [-0.39, 0.29) is 5.41 Å². The Kier molecular flexibility index (Phi) is 3.78. The molecule has 5 nitrogen and oxygen atoms in total. The van der Waals surface area contributed by atoms with E-state index in [0.29, 0.717) is 19.6 Å². The molecule has 5 heteroatoms. The van der Waals surface area contributed by atoms with Crippen LogP contribution < -0.4 is 10.5 Å². The Balaban J connectivity index is 2.26. The number of hydrogen-bond donors (Lipinski definition) is 2. The van der Waals surface area contributed by atoms with Crippen molar-refractivity contribution in [3.63, 3.8) is 0 Å². The fraction of sp³-hybridized carbons (Fsp3) is 0.500. The molecule has 1 fully saturated rings. The van der Waals surface area contributed by atoms with Crippen molar-refractivity contribution in [2.75, 3.05) is 20.3 Å². The summed E-state index contributed by atoms with van der Waals surface area (Å²) in [7, 11) is 1.63. The Morgan fingerprint density at radius 2 is 2.26 bits per heavy atom. The van der Waals surface area contributed by atoms with Crippen molar-refractivity contribution in [3.8, 4) is 5.75 Å². The lowest BCUT2D eigenvalue weighted by Gasteiger charge is -2.43. The van der Waals surface area contributed by atoms with Crippen molar-refractivity contribution < 1.29 is 19.4 Å². The summed E-state index contributed by atoms with van der Waals surface area (Å²) < 4.78 is 10.5. The molecular formula is C14H19NO4. The van der Waals surface area contributed by atoms with Crippen molar-refractivity contribution in [2.45, 2.75) is 24.8 Å². The number of rotatable bonds is 5. The van der Waals surface area contributed by atoms with Gasteiger partial charge in [0.05, 0.1) is 20.3 Å². The van der Waals surface area contributed by atoms with Gasteiger partial charge in [0.15, 0.2) is 0 Å². The van der Waals surface area contributed by atoms with Gasteiger partial charge in [-0.3, -0.25) is 4.79 Å². The summed E-state index contributed by atoms with van der Waals surface area (Å²) in [5, 5.41) is 8.96. The Hall–Kier alpha value is -1.59. The molecule has 1 aliphatic rings. The average Bonchev–Trinajstić information content (AvgIpc) is 2.33. The van der Waals surface area contributed by atoms with E-state index in [1.54, 1.807) is 7.11 Å². The Morgan fingerprint density at radius 1 is 1.58 bits per heavy atom. The lowest BCUT2D eigenvalue weighted by Crippen LogP contribution is -2.51. The summed E-state index contributed by atoms with van der Waals surface area (Å²) in [6, 6.07) is 5.02.